The quantitative estimate of drug-likeness (QED) is 0.841. The molecule has 0 spiro atoms. The van der Waals surface area contributed by atoms with Crippen molar-refractivity contribution < 1.29 is 14.3 Å². The van der Waals surface area contributed by atoms with Crippen LogP contribution in [0.25, 0.3) is 0 Å². The van der Waals surface area contributed by atoms with Gasteiger partial charge in [0, 0.05) is 50.9 Å². The lowest BCUT2D eigenvalue weighted by molar-refractivity contribution is 0.0758. The molecule has 1 atom stereocenters. The van der Waals surface area contributed by atoms with Crippen LogP contribution >= 0.6 is 0 Å². The summed E-state index contributed by atoms with van der Waals surface area (Å²) >= 11 is 0. The lowest BCUT2D eigenvalue weighted by Gasteiger charge is -2.24. The second-order valence-corrected chi connectivity index (χ2v) is 6.76. The van der Waals surface area contributed by atoms with Crippen molar-refractivity contribution in [2.75, 3.05) is 39.4 Å². The SMILES string of the molecule is CC(C)N1CCCN(C(=O)c2ccc(OC3CCOC3)nc2)CC1. The maximum absolute atomic E-state index is 12.7. The van der Waals surface area contributed by atoms with E-state index in [2.05, 4.69) is 23.7 Å². The molecule has 2 aliphatic heterocycles. The van der Waals surface area contributed by atoms with Crippen molar-refractivity contribution in [1.82, 2.24) is 14.8 Å². The molecule has 1 amide bonds. The number of carbonyl (C=O) groups excluding carboxylic acids is 1. The molecule has 0 radical (unpaired) electrons. The van der Waals surface area contributed by atoms with Crippen LogP contribution in [0.3, 0.4) is 0 Å². The number of hydrogen-bond donors (Lipinski definition) is 0. The predicted octanol–water partition coefficient (Wildman–Crippen LogP) is 1.81. The number of nitrogens with zero attached hydrogens (tertiary/aromatic N) is 3. The summed E-state index contributed by atoms with van der Waals surface area (Å²) in [4.78, 5) is 21.3. The van der Waals surface area contributed by atoms with E-state index < -0.39 is 0 Å². The van der Waals surface area contributed by atoms with Crippen molar-refractivity contribution in [1.29, 1.82) is 0 Å². The predicted molar refractivity (Wildman–Crippen MR) is 91.3 cm³/mol. The van der Waals surface area contributed by atoms with Crippen LogP contribution < -0.4 is 4.74 Å². The van der Waals surface area contributed by atoms with Gasteiger partial charge in [0.2, 0.25) is 5.88 Å². The highest BCUT2D eigenvalue weighted by Crippen LogP contribution is 2.16. The molecule has 24 heavy (non-hydrogen) atoms. The van der Waals surface area contributed by atoms with Crippen LogP contribution in [0.15, 0.2) is 18.3 Å². The van der Waals surface area contributed by atoms with Gasteiger partial charge in [-0.05, 0) is 26.3 Å². The summed E-state index contributed by atoms with van der Waals surface area (Å²) in [5.74, 6) is 0.618. The van der Waals surface area contributed by atoms with Gasteiger partial charge in [0.05, 0.1) is 18.8 Å². The fraction of sp³-hybridized carbons (Fsp3) is 0.667. The molecule has 2 saturated heterocycles. The molecule has 0 aromatic carbocycles. The molecular formula is C18H27N3O3. The fourth-order valence-corrected chi connectivity index (χ4v) is 3.19. The zero-order chi connectivity index (χ0) is 16.9. The normalized spacial score (nSPS) is 22.6. The topological polar surface area (TPSA) is 54.9 Å². The highest BCUT2D eigenvalue weighted by Gasteiger charge is 2.22. The molecule has 3 rings (SSSR count). The Morgan fingerprint density at radius 2 is 2.17 bits per heavy atom. The number of ether oxygens (including phenoxy) is 2. The molecule has 0 bridgehead atoms. The van der Waals surface area contributed by atoms with Gasteiger partial charge in [-0.25, -0.2) is 4.98 Å². The van der Waals surface area contributed by atoms with Gasteiger partial charge in [0.25, 0.3) is 5.91 Å². The lowest BCUT2D eigenvalue weighted by Crippen LogP contribution is -2.37. The molecule has 6 nitrogen and oxygen atoms in total. The molecule has 3 heterocycles. The molecule has 0 N–H and O–H groups in total. The van der Waals surface area contributed by atoms with Crippen LogP contribution in [0, 0.1) is 0 Å². The van der Waals surface area contributed by atoms with Gasteiger partial charge in [0.15, 0.2) is 0 Å². The molecule has 1 unspecified atom stereocenters. The monoisotopic (exact) mass is 333 g/mol. The minimum Gasteiger partial charge on any atom is -0.472 e. The third-order valence-electron chi connectivity index (χ3n) is 4.71. The van der Waals surface area contributed by atoms with E-state index in [1.807, 2.05) is 11.0 Å². The molecule has 132 valence electrons. The summed E-state index contributed by atoms with van der Waals surface area (Å²) in [6, 6.07) is 4.12. The zero-order valence-corrected chi connectivity index (χ0v) is 14.6. The first-order chi connectivity index (χ1) is 11.6. The summed E-state index contributed by atoms with van der Waals surface area (Å²) in [7, 11) is 0. The van der Waals surface area contributed by atoms with Gasteiger partial charge in [0.1, 0.15) is 6.10 Å². The van der Waals surface area contributed by atoms with Gasteiger partial charge in [-0.1, -0.05) is 0 Å². The fourth-order valence-electron chi connectivity index (χ4n) is 3.19. The standard InChI is InChI=1S/C18H27N3O3/c1-14(2)20-7-3-8-21(10-9-20)18(22)15-4-5-17(19-12-15)24-16-6-11-23-13-16/h4-5,12,14,16H,3,6-11,13H2,1-2H3. The van der Waals surface area contributed by atoms with Gasteiger partial charge in [-0.2, -0.15) is 0 Å². The van der Waals surface area contributed by atoms with Gasteiger partial charge in [-0.15, -0.1) is 0 Å². The smallest absolute Gasteiger partial charge is 0.255 e. The third kappa shape index (κ3) is 4.24. The van der Waals surface area contributed by atoms with E-state index >= 15 is 0 Å². The van der Waals surface area contributed by atoms with Crippen LogP contribution in [-0.2, 0) is 4.74 Å². The van der Waals surface area contributed by atoms with E-state index in [1.54, 1.807) is 12.3 Å². The van der Waals surface area contributed by atoms with E-state index in [1.165, 1.54) is 0 Å². The van der Waals surface area contributed by atoms with E-state index in [4.69, 9.17) is 9.47 Å². The minimum absolute atomic E-state index is 0.0591. The summed E-state index contributed by atoms with van der Waals surface area (Å²) in [5, 5.41) is 0. The summed E-state index contributed by atoms with van der Waals surface area (Å²) in [6.07, 6.45) is 3.60. The van der Waals surface area contributed by atoms with Crippen molar-refractivity contribution in [3.05, 3.63) is 23.9 Å². The largest absolute Gasteiger partial charge is 0.472 e. The van der Waals surface area contributed by atoms with E-state index in [0.717, 1.165) is 45.6 Å². The molecule has 2 fully saturated rings. The molecular weight excluding hydrogens is 306 g/mol. The Kier molecular flexibility index (Phi) is 5.68. The summed E-state index contributed by atoms with van der Waals surface area (Å²) in [5.41, 5.74) is 0.628. The first kappa shape index (κ1) is 17.2. The van der Waals surface area contributed by atoms with E-state index in [0.29, 0.717) is 24.1 Å². The second kappa shape index (κ2) is 7.94. The van der Waals surface area contributed by atoms with Crippen molar-refractivity contribution in [2.45, 2.75) is 38.8 Å². The molecule has 0 saturated carbocycles. The average molecular weight is 333 g/mol. The van der Waals surface area contributed by atoms with Gasteiger partial charge in [-0.3, -0.25) is 9.69 Å². The first-order valence-corrected chi connectivity index (χ1v) is 8.87. The van der Waals surface area contributed by atoms with Crippen LogP contribution in [0.4, 0.5) is 0 Å². The van der Waals surface area contributed by atoms with Crippen molar-refractivity contribution in [2.24, 2.45) is 0 Å². The zero-order valence-electron chi connectivity index (χ0n) is 14.6. The molecule has 6 heteroatoms. The average Bonchev–Trinajstić information content (AvgIpc) is 2.96. The highest BCUT2D eigenvalue weighted by molar-refractivity contribution is 5.94. The third-order valence-corrected chi connectivity index (χ3v) is 4.71. The number of aromatic nitrogens is 1. The van der Waals surface area contributed by atoms with Crippen LogP contribution in [0.1, 0.15) is 37.0 Å². The number of carbonyl (C=O) groups is 1. The minimum atomic E-state index is 0.0591. The van der Waals surface area contributed by atoms with E-state index in [9.17, 15) is 4.79 Å². The Morgan fingerprint density at radius 1 is 1.29 bits per heavy atom. The number of rotatable bonds is 4. The van der Waals surface area contributed by atoms with Crippen molar-refractivity contribution >= 4 is 5.91 Å². The lowest BCUT2D eigenvalue weighted by atomic mass is 10.2. The second-order valence-electron chi connectivity index (χ2n) is 6.76. The number of amides is 1. The number of hydrogen-bond acceptors (Lipinski definition) is 5. The van der Waals surface area contributed by atoms with Crippen LogP contribution in [0.2, 0.25) is 0 Å². The molecule has 2 aliphatic rings. The van der Waals surface area contributed by atoms with Gasteiger partial charge >= 0.3 is 0 Å². The van der Waals surface area contributed by atoms with Gasteiger partial charge < -0.3 is 14.4 Å². The Labute approximate surface area is 143 Å². The highest BCUT2D eigenvalue weighted by atomic mass is 16.5. The summed E-state index contributed by atoms with van der Waals surface area (Å²) in [6.45, 7) is 9.32. The Morgan fingerprint density at radius 3 is 2.83 bits per heavy atom. The molecule has 0 aliphatic carbocycles. The molecule has 1 aromatic heterocycles. The Bertz CT molecular complexity index is 541. The number of pyridine rings is 1. The Balaban J connectivity index is 1.58. The van der Waals surface area contributed by atoms with Crippen molar-refractivity contribution in [3.8, 4) is 5.88 Å². The van der Waals surface area contributed by atoms with Crippen LogP contribution in [0.5, 0.6) is 5.88 Å². The molecule has 1 aromatic rings. The maximum atomic E-state index is 12.7. The van der Waals surface area contributed by atoms with E-state index in [-0.39, 0.29) is 12.0 Å². The Hall–Kier alpha value is -1.66. The van der Waals surface area contributed by atoms with Crippen LogP contribution in [-0.4, -0.2) is 72.2 Å². The van der Waals surface area contributed by atoms with Crippen molar-refractivity contribution in [3.63, 3.8) is 0 Å². The first-order valence-electron chi connectivity index (χ1n) is 8.87. The summed E-state index contributed by atoms with van der Waals surface area (Å²) < 4.78 is 11.0. The maximum Gasteiger partial charge on any atom is 0.255 e.